The molecule has 0 unspecified atom stereocenters. The van der Waals surface area contributed by atoms with E-state index in [1.165, 1.54) is 5.69 Å². The molecule has 1 aromatic carbocycles. The maximum Gasteiger partial charge on any atom is 0.238 e. The van der Waals surface area contributed by atoms with Gasteiger partial charge in [0.25, 0.3) is 0 Å². The van der Waals surface area contributed by atoms with Crippen molar-refractivity contribution in [1.82, 2.24) is 9.88 Å². The zero-order chi connectivity index (χ0) is 15.2. The summed E-state index contributed by atoms with van der Waals surface area (Å²) in [5, 5.41) is 2.93. The molecule has 0 radical (unpaired) electrons. The summed E-state index contributed by atoms with van der Waals surface area (Å²) >= 11 is 0. The molecule has 0 aliphatic carbocycles. The van der Waals surface area contributed by atoms with E-state index in [4.69, 9.17) is 0 Å². The SMILES string of the molecule is O=C(CN1CCN(c2ccncc2)CC1)Nc1ccccc1. The highest BCUT2D eigenvalue weighted by atomic mass is 16.2. The van der Waals surface area contributed by atoms with Crippen molar-refractivity contribution in [3.8, 4) is 0 Å². The number of amides is 1. The van der Waals surface area contributed by atoms with Crippen LogP contribution in [-0.2, 0) is 4.79 Å². The van der Waals surface area contributed by atoms with E-state index in [-0.39, 0.29) is 5.91 Å². The maximum absolute atomic E-state index is 12.1. The summed E-state index contributed by atoms with van der Waals surface area (Å²) in [5.41, 5.74) is 2.05. The molecule has 2 aromatic rings. The first-order valence-electron chi connectivity index (χ1n) is 7.53. The van der Waals surface area contributed by atoms with E-state index in [0.717, 1.165) is 31.9 Å². The number of carbonyl (C=O) groups excluding carboxylic acids is 1. The molecule has 0 spiro atoms. The van der Waals surface area contributed by atoms with E-state index in [2.05, 4.69) is 20.1 Å². The smallest absolute Gasteiger partial charge is 0.238 e. The van der Waals surface area contributed by atoms with Gasteiger partial charge in [-0.3, -0.25) is 14.7 Å². The lowest BCUT2D eigenvalue weighted by Crippen LogP contribution is -2.48. The molecule has 1 fully saturated rings. The zero-order valence-corrected chi connectivity index (χ0v) is 12.5. The molecule has 1 aliphatic heterocycles. The van der Waals surface area contributed by atoms with Crippen molar-refractivity contribution < 1.29 is 4.79 Å². The highest BCUT2D eigenvalue weighted by Gasteiger charge is 2.19. The Labute approximate surface area is 130 Å². The molecule has 0 saturated carbocycles. The van der Waals surface area contributed by atoms with Crippen LogP contribution < -0.4 is 10.2 Å². The number of aromatic nitrogens is 1. The molecular formula is C17H20N4O. The van der Waals surface area contributed by atoms with Crippen LogP contribution in [0.25, 0.3) is 0 Å². The Kier molecular flexibility index (Phi) is 4.65. The third kappa shape index (κ3) is 3.83. The fourth-order valence-electron chi connectivity index (χ4n) is 2.64. The van der Waals surface area contributed by atoms with Crippen molar-refractivity contribution in [1.29, 1.82) is 0 Å². The molecule has 0 atom stereocenters. The van der Waals surface area contributed by atoms with Crippen molar-refractivity contribution in [3.05, 3.63) is 54.9 Å². The van der Waals surface area contributed by atoms with Gasteiger partial charge in [-0.15, -0.1) is 0 Å². The summed E-state index contributed by atoms with van der Waals surface area (Å²) in [5.74, 6) is 0.0450. The Bertz CT molecular complexity index is 595. The number of para-hydroxylation sites is 1. The molecule has 0 bridgehead atoms. The Morgan fingerprint density at radius 2 is 1.68 bits per heavy atom. The van der Waals surface area contributed by atoms with Crippen LogP contribution >= 0.6 is 0 Å². The number of rotatable bonds is 4. The van der Waals surface area contributed by atoms with E-state index in [1.807, 2.05) is 54.9 Å². The van der Waals surface area contributed by atoms with Gasteiger partial charge in [0.15, 0.2) is 0 Å². The second-order valence-electron chi connectivity index (χ2n) is 5.38. The van der Waals surface area contributed by atoms with Crippen molar-refractivity contribution in [2.75, 3.05) is 42.9 Å². The molecule has 22 heavy (non-hydrogen) atoms. The lowest BCUT2D eigenvalue weighted by atomic mass is 10.2. The van der Waals surface area contributed by atoms with Gasteiger partial charge in [-0.25, -0.2) is 0 Å². The zero-order valence-electron chi connectivity index (χ0n) is 12.5. The fourth-order valence-corrected chi connectivity index (χ4v) is 2.64. The summed E-state index contributed by atoms with van der Waals surface area (Å²) in [6.45, 7) is 4.10. The Morgan fingerprint density at radius 1 is 1.00 bits per heavy atom. The molecule has 2 heterocycles. The van der Waals surface area contributed by atoms with Crippen molar-refractivity contribution in [3.63, 3.8) is 0 Å². The normalized spacial score (nSPS) is 15.5. The third-order valence-corrected chi connectivity index (χ3v) is 3.82. The van der Waals surface area contributed by atoms with E-state index in [9.17, 15) is 4.79 Å². The van der Waals surface area contributed by atoms with Gasteiger partial charge in [-0.2, -0.15) is 0 Å². The predicted molar refractivity (Wildman–Crippen MR) is 88.0 cm³/mol. The number of hydrogen-bond donors (Lipinski definition) is 1. The molecular weight excluding hydrogens is 276 g/mol. The molecule has 1 N–H and O–H groups in total. The van der Waals surface area contributed by atoms with Crippen molar-refractivity contribution in [2.45, 2.75) is 0 Å². The first-order valence-corrected chi connectivity index (χ1v) is 7.53. The van der Waals surface area contributed by atoms with E-state index >= 15 is 0 Å². The minimum Gasteiger partial charge on any atom is -0.369 e. The molecule has 5 heteroatoms. The van der Waals surface area contributed by atoms with Crippen molar-refractivity contribution >= 4 is 17.3 Å². The first-order chi connectivity index (χ1) is 10.8. The molecule has 1 saturated heterocycles. The topological polar surface area (TPSA) is 48.5 Å². The van der Waals surface area contributed by atoms with Crippen LogP contribution in [0.5, 0.6) is 0 Å². The van der Waals surface area contributed by atoms with Crippen LogP contribution in [0.1, 0.15) is 0 Å². The van der Waals surface area contributed by atoms with Crippen LogP contribution in [0, 0.1) is 0 Å². The Balaban J connectivity index is 1.47. The van der Waals surface area contributed by atoms with Gasteiger partial charge < -0.3 is 10.2 Å². The number of anilines is 2. The highest BCUT2D eigenvalue weighted by Crippen LogP contribution is 2.14. The summed E-state index contributed by atoms with van der Waals surface area (Å²) in [6.07, 6.45) is 3.63. The number of hydrogen-bond acceptors (Lipinski definition) is 4. The minimum atomic E-state index is 0.0450. The number of carbonyl (C=O) groups is 1. The van der Waals surface area contributed by atoms with Gasteiger partial charge in [0, 0.05) is 49.9 Å². The summed E-state index contributed by atoms with van der Waals surface area (Å²) < 4.78 is 0. The fraction of sp³-hybridized carbons (Fsp3) is 0.294. The van der Waals surface area contributed by atoms with Crippen LogP contribution in [0.3, 0.4) is 0 Å². The summed E-state index contributed by atoms with van der Waals surface area (Å²) in [7, 11) is 0. The monoisotopic (exact) mass is 296 g/mol. The third-order valence-electron chi connectivity index (χ3n) is 3.82. The van der Waals surface area contributed by atoms with Gasteiger partial charge in [-0.1, -0.05) is 18.2 Å². The number of benzene rings is 1. The first kappa shape index (κ1) is 14.5. The number of nitrogens with zero attached hydrogens (tertiary/aromatic N) is 3. The van der Waals surface area contributed by atoms with E-state index in [0.29, 0.717) is 6.54 Å². The van der Waals surface area contributed by atoms with Gasteiger partial charge in [-0.05, 0) is 24.3 Å². The predicted octanol–water partition coefficient (Wildman–Crippen LogP) is 1.84. The van der Waals surface area contributed by atoms with Gasteiger partial charge in [0.2, 0.25) is 5.91 Å². The summed E-state index contributed by atoms with van der Waals surface area (Å²) in [4.78, 5) is 20.6. The summed E-state index contributed by atoms with van der Waals surface area (Å²) in [6, 6.07) is 13.6. The van der Waals surface area contributed by atoms with Crippen molar-refractivity contribution in [2.24, 2.45) is 0 Å². The van der Waals surface area contributed by atoms with Gasteiger partial charge in [0.05, 0.1) is 6.54 Å². The lowest BCUT2D eigenvalue weighted by Gasteiger charge is -2.35. The molecule has 3 rings (SSSR count). The van der Waals surface area contributed by atoms with Gasteiger partial charge >= 0.3 is 0 Å². The van der Waals surface area contributed by atoms with E-state index < -0.39 is 0 Å². The number of pyridine rings is 1. The van der Waals surface area contributed by atoms with Crippen LogP contribution in [0.4, 0.5) is 11.4 Å². The highest BCUT2D eigenvalue weighted by molar-refractivity contribution is 5.92. The largest absolute Gasteiger partial charge is 0.369 e. The second-order valence-corrected chi connectivity index (χ2v) is 5.38. The number of nitrogens with one attached hydrogen (secondary N) is 1. The average molecular weight is 296 g/mol. The van der Waals surface area contributed by atoms with Gasteiger partial charge in [0.1, 0.15) is 0 Å². The Morgan fingerprint density at radius 3 is 2.36 bits per heavy atom. The molecule has 114 valence electrons. The Hall–Kier alpha value is -2.40. The average Bonchev–Trinajstić information content (AvgIpc) is 2.57. The standard InChI is InChI=1S/C17H20N4O/c22-17(19-15-4-2-1-3-5-15)14-20-10-12-21(13-11-20)16-6-8-18-9-7-16/h1-9H,10-14H2,(H,19,22). The second kappa shape index (κ2) is 7.04. The lowest BCUT2D eigenvalue weighted by molar-refractivity contribution is -0.117. The minimum absolute atomic E-state index is 0.0450. The van der Waals surface area contributed by atoms with Crippen LogP contribution in [0.15, 0.2) is 54.9 Å². The quantitative estimate of drug-likeness (QED) is 0.935. The maximum atomic E-state index is 12.1. The number of piperazine rings is 1. The van der Waals surface area contributed by atoms with E-state index in [1.54, 1.807) is 0 Å². The van der Waals surface area contributed by atoms with Crippen LogP contribution in [-0.4, -0.2) is 48.5 Å². The van der Waals surface area contributed by atoms with Crippen LogP contribution in [0.2, 0.25) is 0 Å². The molecule has 5 nitrogen and oxygen atoms in total. The molecule has 1 aliphatic rings. The molecule has 1 aromatic heterocycles. The molecule has 1 amide bonds.